The van der Waals surface area contributed by atoms with Crippen molar-refractivity contribution >= 4 is 28.5 Å². The summed E-state index contributed by atoms with van der Waals surface area (Å²) in [6.45, 7) is 4.35. The molecule has 3 aromatic rings. The van der Waals surface area contributed by atoms with E-state index in [0.717, 1.165) is 49.2 Å². The lowest BCUT2D eigenvalue weighted by Crippen LogP contribution is -2.39. The van der Waals surface area contributed by atoms with Gasteiger partial charge in [-0.1, -0.05) is 30.3 Å². The van der Waals surface area contributed by atoms with E-state index in [4.69, 9.17) is 19.4 Å². The first kappa shape index (κ1) is 23.4. The van der Waals surface area contributed by atoms with Crippen molar-refractivity contribution in [1.29, 1.82) is 0 Å². The summed E-state index contributed by atoms with van der Waals surface area (Å²) in [4.78, 5) is 26.2. The van der Waals surface area contributed by atoms with E-state index < -0.39 is 0 Å². The van der Waals surface area contributed by atoms with E-state index in [0.29, 0.717) is 55.2 Å². The number of anilines is 2. The van der Waals surface area contributed by atoms with E-state index in [2.05, 4.69) is 45.4 Å². The molecule has 0 bridgehead atoms. The number of ether oxygens (including phenoxy) is 2. The van der Waals surface area contributed by atoms with Gasteiger partial charge in [-0.3, -0.25) is 9.69 Å². The number of rotatable bonds is 7. The normalized spacial score (nSPS) is 17.5. The third-order valence-electron chi connectivity index (χ3n) is 6.97. The van der Waals surface area contributed by atoms with Crippen molar-refractivity contribution in [3.8, 4) is 11.5 Å². The highest BCUT2D eigenvalue weighted by Crippen LogP contribution is 2.36. The van der Waals surface area contributed by atoms with Crippen molar-refractivity contribution in [1.82, 2.24) is 14.9 Å². The summed E-state index contributed by atoms with van der Waals surface area (Å²) in [5.74, 6) is 3.05. The van der Waals surface area contributed by atoms with Gasteiger partial charge in [-0.05, 0) is 24.5 Å². The summed E-state index contributed by atoms with van der Waals surface area (Å²) in [6, 6.07) is 14.8. The molecule has 0 aliphatic carbocycles. The fourth-order valence-electron chi connectivity index (χ4n) is 4.92. The van der Waals surface area contributed by atoms with Crippen LogP contribution < -0.4 is 19.7 Å². The number of benzene rings is 2. The maximum Gasteiger partial charge on any atom is 0.227 e. The molecule has 0 saturated carbocycles. The predicted octanol–water partition coefficient (Wildman–Crippen LogP) is 3.89. The van der Waals surface area contributed by atoms with Crippen molar-refractivity contribution in [3.05, 3.63) is 48.0 Å². The monoisotopic (exact) mass is 475 g/mol. The molecule has 8 nitrogen and oxygen atoms in total. The molecule has 2 fully saturated rings. The van der Waals surface area contributed by atoms with E-state index in [9.17, 15) is 4.79 Å². The predicted molar refractivity (Wildman–Crippen MR) is 137 cm³/mol. The van der Waals surface area contributed by atoms with Gasteiger partial charge >= 0.3 is 0 Å². The van der Waals surface area contributed by atoms with E-state index in [1.165, 1.54) is 5.56 Å². The van der Waals surface area contributed by atoms with Crippen LogP contribution in [0.3, 0.4) is 0 Å². The van der Waals surface area contributed by atoms with Crippen LogP contribution in [0.15, 0.2) is 42.5 Å². The third-order valence-corrected chi connectivity index (χ3v) is 6.97. The molecule has 35 heavy (non-hydrogen) atoms. The zero-order valence-electron chi connectivity index (χ0n) is 20.5. The van der Waals surface area contributed by atoms with Crippen LogP contribution in [0.5, 0.6) is 11.5 Å². The molecular weight excluding hydrogens is 442 g/mol. The van der Waals surface area contributed by atoms with Crippen molar-refractivity contribution < 1.29 is 14.3 Å². The number of carbonyl (C=O) groups excluding carboxylic acids is 1. The van der Waals surface area contributed by atoms with Crippen molar-refractivity contribution in [2.45, 2.75) is 38.3 Å². The van der Waals surface area contributed by atoms with Gasteiger partial charge in [-0.2, -0.15) is 4.98 Å². The molecule has 1 N–H and O–H groups in total. The van der Waals surface area contributed by atoms with Crippen LogP contribution in [0.25, 0.3) is 10.9 Å². The Balaban J connectivity index is 1.38. The fraction of sp³-hybridized carbons (Fsp3) is 0.444. The molecule has 2 aliphatic rings. The highest BCUT2D eigenvalue weighted by molar-refractivity contribution is 5.93. The Morgan fingerprint density at radius 2 is 1.63 bits per heavy atom. The van der Waals surface area contributed by atoms with Crippen LogP contribution in [0.4, 0.5) is 11.8 Å². The number of nitrogens with zero attached hydrogens (tertiary/aromatic N) is 4. The number of nitrogens with one attached hydrogen (secondary N) is 1. The summed E-state index contributed by atoms with van der Waals surface area (Å²) < 4.78 is 11.1. The maximum absolute atomic E-state index is 11.8. The van der Waals surface area contributed by atoms with Gasteiger partial charge in [0.05, 0.1) is 19.7 Å². The second-order valence-corrected chi connectivity index (χ2v) is 9.30. The molecule has 2 saturated heterocycles. The number of piperidine rings is 2. The summed E-state index contributed by atoms with van der Waals surface area (Å²) in [7, 11) is 3.27. The van der Waals surface area contributed by atoms with E-state index >= 15 is 0 Å². The Morgan fingerprint density at radius 1 is 0.943 bits per heavy atom. The van der Waals surface area contributed by atoms with Gasteiger partial charge < -0.3 is 19.7 Å². The smallest absolute Gasteiger partial charge is 0.227 e. The number of carbonyl (C=O) groups is 1. The molecule has 0 amide bonds. The zero-order chi connectivity index (χ0) is 24.2. The highest BCUT2D eigenvalue weighted by atomic mass is 16.5. The number of aromatic nitrogens is 2. The first-order chi connectivity index (χ1) is 17.1. The number of hydrogen-bond acceptors (Lipinski definition) is 8. The fourth-order valence-corrected chi connectivity index (χ4v) is 4.92. The van der Waals surface area contributed by atoms with Crippen LogP contribution in [0, 0.1) is 0 Å². The van der Waals surface area contributed by atoms with Crippen LogP contribution in [0.1, 0.15) is 31.2 Å². The van der Waals surface area contributed by atoms with Crippen LogP contribution in [0.2, 0.25) is 0 Å². The number of fused-ring (bicyclic) bond motifs is 1. The SMILES string of the molecule is COc1cc2nc(N3CCC(=O)CC3)nc(NC3CCN(Cc4ccccc4)CC3)c2cc1OC. The molecule has 0 spiro atoms. The number of ketones is 1. The molecule has 3 heterocycles. The quantitative estimate of drug-likeness (QED) is 0.551. The average Bonchev–Trinajstić information content (AvgIpc) is 2.90. The highest BCUT2D eigenvalue weighted by Gasteiger charge is 2.24. The first-order valence-corrected chi connectivity index (χ1v) is 12.4. The summed E-state index contributed by atoms with van der Waals surface area (Å²) in [5.41, 5.74) is 2.15. The largest absolute Gasteiger partial charge is 0.493 e. The summed E-state index contributed by atoms with van der Waals surface area (Å²) >= 11 is 0. The van der Waals surface area contributed by atoms with Gasteiger partial charge in [0.25, 0.3) is 0 Å². The Hall–Kier alpha value is -3.39. The molecule has 2 aromatic carbocycles. The second kappa shape index (κ2) is 10.5. The van der Waals surface area contributed by atoms with Crippen molar-refractivity contribution in [2.75, 3.05) is 50.6 Å². The minimum Gasteiger partial charge on any atom is -0.493 e. The third kappa shape index (κ3) is 5.32. The van der Waals surface area contributed by atoms with Gasteiger partial charge in [0.1, 0.15) is 11.6 Å². The van der Waals surface area contributed by atoms with Gasteiger partial charge in [-0.25, -0.2) is 4.98 Å². The Kier molecular flexibility index (Phi) is 6.99. The van der Waals surface area contributed by atoms with Crippen molar-refractivity contribution in [2.24, 2.45) is 0 Å². The van der Waals surface area contributed by atoms with Gasteiger partial charge in [-0.15, -0.1) is 0 Å². The van der Waals surface area contributed by atoms with Crippen molar-refractivity contribution in [3.63, 3.8) is 0 Å². The van der Waals surface area contributed by atoms with Gasteiger partial charge in [0, 0.05) is 63.1 Å². The van der Waals surface area contributed by atoms with Gasteiger partial charge in [0.2, 0.25) is 5.95 Å². The lowest BCUT2D eigenvalue weighted by molar-refractivity contribution is -0.119. The number of methoxy groups -OCH3 is 2. The summed E-state index contributed by atoms with van der Waals surface area (Å²) in [5, 5.41) is 4.63. The number of likely N-dealkylation sites (tertiary alicyclic amines) is 1. The molecule has 0 unspecified atom stereocenters. The standard InChI is InChI=1S/C27H33N5O3/c1-34-24-16-22-23(17-25(24)35-2)29-27(32-14-10-21(33)11-15-32)30-26(22)28-20-8-12-31(13-9-20)18-19-6-4-3-5-7-19/h3-7,16-17,20H,8-15,18H2,1-2H3,(H,28,29,30). The molecule has 0 atom stereocenters. The second-order valence-electron chi connectivity index (χ2n) is 9.30. The molecular formula is C27H33N5O3. The van der Waals surface area contributed by atoms with Crippen LogP contribution in [-0.4, -0.2) is 67.1 Å². The molecule has 2 aliphatic heterocycles. The molecule has 5 rings (SSSR count). The number of hydrogen-bond donors (Lipinski definition) is 1. The molecule has 1 aromatic heterocycles. The molecule has 0 radical (unpaired) electrons. The topological polar surface area (TPSA) is 79.8 Å². The Morgan fingerprint density at radius 3 is 2.31 bits per heavy atom. The average molecular weight is 476 g/mol. The zero-order valence-corrected chi connectivity index (χ0v) is 20.5. The Labute approximate surface area is 206 Å². The van der Waals surface area contributed by atoms with Crippen LogP contribution in [-0.2, 0) is 11.3 Å². The van der Waals surface area contributed by atoms with E-state index in [1.54, 1.807) is 14.2 Å². The first-order valence-electron chi connectivity index (χ1n) is 12.4. The van der Waals surface area contributed by atoms with Gasteiger partial charge in [0.15, 0.2) is 11.5 Å². The van der Waals surface area contributed by atoms with E-state index in [1.807, 2.05) is 12.1 Å². The minimum atomic E-state index is 0.300. The molecule has 184 valence electrons. The molecule has 8 heteroatoms. The summed E-state index contributed by atoms with van der Waals surface area (Å²) in [6.07, 6.45) is 3.16. The maximum atomic E-state index is 11.8. The lowest BCUT2D eigenvalue weighted by Gasteiger charge is -2.33. The lowest BCUT2D eigenvalue weighted by atomic mass is 10.0. The van der Waals surface area contributed by atoms with E-state index in [-0.39, 0.29) is 0 Å². The van der Waals surface area contributed by atoms with Crippen LogP contribution >= 0.6 is 0 Å². The Bertz CT molecular complexity index is 1170. The number of Topliss-reactive ketones (excluding diaryl/α,β-unsaturated/α-hetero) is 1. The minimum absolute atomic E-state index is 0.300.